The predicted octanol–water partition coefficient (Wildman–Crippen LogP) is 5.59. The molecule has 3 heteroatoms. The molecule has 0 aliphatic rings. The number of unbranched alkanes of at least 4 members (excludes halogenated alkanes) is 4. The van der Waals surface area contributed by atoms with Crippen LogP contribution in [0.4, 0.5) is 0 Å². The Balaban J connectivity index is 2.62. The Morgan fingerprint density at radius 2 is 1.83 bits per heavy atom. The molecule has 0 fully saturated rings. The first-order valence-electron chi connectivity index (χ1n) is 7.00. The van der Waals surface area contributed by atoms with E-state index in [-0.39, 0.29) is 5.24 Å². The van der Waals surface area contributed by atoms with Crippen LogP contribution >= 0.6 is 22.9 Å². The lowest BCUT2D eigenvalue weighted by molar-refractivity contribution is 0.108. The van der Waals surface area contributed by atoms with Crippen LogP contribution in [-0.4, -0.2) is 5.24 Å². The van der Waals surface area contributed by atoms with Gasteiger partial charge in [0, 0.05) is 4.88 Å². The van der Waals surface area contributed by atoms with Gasteiger partial charge in [0.2, 0.25) is 0 Å². The normalized spacial score (nSPS) is 10.8. The van der Waals surface area contributed by atoms with Crippen molar-refractivity contribution in [2.24, 2.45) is 0 Å². The predicted molar refractivity (Wildman–Crippen MR) is 81.0 cm³/mol. The minimum Gasteiger partial charge on any atom is -0.275 e. The summed E-state index contributed by atoms with van der Waals surface area (Å²) < 4.78 is 0. The second-order valence-corrected chi connectivity index (χ2v) is 6.24. The van der Waals surface area contributed by atoms with Crippen molar-refractivity contribution in [3.05, 3.63) is 21.4 Å². The van der Waals surface area contributed by atoms with E-state index in [1.165, 1.54) is 42.5 Å². The van der Waals surface area contributed by atoms with Crippen molar-refractivity contribution in [2.75, 3.05) is 0 Å². The molecule has 0 bridgehead atoms. The van der Waals surface area contributed by atoms with Crippen LogP contribution in [0, 0.1) is 0 Å². The molecule has 102 valence electrons. The number of thiophene rings is 1. The molecule has 0 N–H and O–H groups in total. The highest BCUT2D eigenvalue weighted by Crippen LogP contribution is 2.27. The Morgan fingerprint density at radius 1 is 1.11 bits per heavy atom. The third-order valence-corrected chi connectivity index (χ3v) is 4.65. The zero-order chi connectivity index (χ0) is 13.4. The maximum Gasteiger partial charge on any atom is 0.262 e. The second kappa shape index (κ2) is 8.71. The number of hydrogen-bond donors (Lipinski definition) is 0. The van der Waals surface area contributed by atoms with Crippen molar-refractivity contribution in [3.8, 4) is 0 Å². The van der Waals surface area contributed by atoms with Gasteiger partial charge in [-0.05, 0) is 48.9 Å². The minimum atomic E-state index is -0.284. The van der Waals surface area contributed by atoms with Crippen molar-refractivity contribution >= 4 is 28.2 Å². The van der Waals surface area contributed by atoms with Crippen molar-refractivity contribution in [2.45, 2.75) is 65.2 Å². The van der Waals surface area contributed by atoms with E-state index in [9.17, 15) is 4.79 Å². The summed E-state index contributed by atoms with van der Waals surface area (Å²) in [5, 5.41) is -0.284. The molecule has 1 nitrogen and oxygen atoms in total. The van der Waals surface area contributed by atoms with Crippen molar-refractivity contribution < 1.29 is 4.79 Å². The Hall–Kier alpha value is -0.340. The van der Waals surface area contributed by atoms with E-state index in [0.717, 1.165) is 24.1 Å². The third kappa shape index (κ3) is 5.11. The smallest absolute Gasteiger partial charge is 0.262 e. The van der Waals surface area contributed by atoms with Crippen LogP contribution in [0.5, 0.6) is 0 Å². The lowest BCUT2D eigenvalue weighted by Crippen LogP contribution is -1.92. The van der Waals surface area contributed by atoms with E-state index in [0.29, 0.717) is 0 Å². The number of aryl methyl sites for hydroxylation is 2. The summed E-state index contributed by atoms with van der Waals surface area (Å²) >= 11 is 7.26. The van der Waals surface area contributed by atoms with Crippen LogP contribution in [0.25, 0.3) is 0 Å². The number of carbonyl (C=O) groups excluding carboxylic acids is 1. The molecule has 0 amide bonds. The van der Waals surface area contributed by atoms with E-state index in [2.05, 4.69) is 19.9 Å². The molecule has 1 aromatic heterocycles. The average Bonchev–Trinajstić information content (AvgIpc) is 2.75. The maximum absolute atomic E-state index is 11.4. The Bertz CT molecular complexity index is 371. The van der Waals surface area contributed by atoms with Gasteiger partial charge in [-0.15, -0.1) is 11.3 Å². The summed E-state index contributed by atoms with van der Waals surface area (Å²) in [5.74, 6) is 0. The van der Waals surface area contributed by atoms with Crippen LogP contribution in [0.3, 0.4) is 0 Å². The molecular formula is C15H23ClOS. The first-order valence-corrected chi connectivity index (χ1v) is 8.19. The number of hydrogen-bond acceptors (Lipinski definition) is 2. The van der Waals surface area contributed by atoms with Crippen LogP contribution in [0.15, 0.2) is 6.07 Å². The fourth-order valence-corrected chi connectivity index (χ4v) is 3.37. The average molecular weight is 287 g/mol. The quantitative estimate of drug-likeness (QED) is 0.427. The summed E-state index contributed by atoms with van der Waals surface area (Å²) in [6.45, 7) is 4.40. The fourth-order valence-electron chi connectivity index (χ4n) is 2.05. The highest BCUT2D eigenvalue weighted by Gasteiger charge is 2.13. The Kier molecular flexibility index (Phi) is 7.60. The van der Waals surface area contributed by atoms with E-state index in [1.807, 2.05) is 0 Å². The number of halogens is 1. The lowest BCUT2D eigenvalue weighted by atomic mass is 10.1. The van der Waals surface area contributed by atoms with Crippen molar-refractivity contribution in [1.29, 1.82) is 0 Å². The van der Waals surface area contributed by atoms with Gasteiger partial charge in [-0.2, -0.15) is 0 Å². The van der Waals surface area contributed by atoms with E-state index < -0.39 is 0 Å². The van der Waals surface area contributed by atoms with Gasteiger partial charge in [-0.3, -0.25) is 4.79 Å². The van der Waals surface area contributed by atoms with Gasteiger partial charge >= 0.3 is 0 Å². The molecule has 0 aliphatic heterocycles. The molecule has 0 spiro atoms. The molecule has 0 unspecified atom stereocenters. The standard InChI is InChI=1S/C15H23ClOS/c1-3-5-7-8-9-12-11-13(10-6-4-2)18-14(12)15(16)17/h11H,3-10H2,1-2H3. The molecule has 0 atom stereocenters. The highest BCUT2D eigenvalue weighted by molar-refractivity contribution is 7.16. The molecular weight excluding hydrogens is 264 g/mol. The summed E-state index contributed by atoms with van der Waals surface area (Å²) in [5.41, 5.74) is 1.17. The highest BCUT2D eigenvalue weighted by atomic mass is 35.5. The molecule has 0 saturated carbocycles. The SMILES string of the molecule is CCCCCCc1cc(CCCC)sc1C(=O)Cl. The van der Waals surface area contributed by atoms with Crippen LogP contribution in [-0.2, 0) is 12.8 Å². The Labute approximate surface area is 120 Å². The lowest BCUT2D eigenvalue weighted by Gasteiger charge is -1.99. The minimum absolute atomic E-state index is 0.284. The Morgan fingerprint density at radius 3 is 2.44 bits per heavy atom. The topological polar surface area (TPSA) is 17.1 Å². The monoisotopic (exact) mass is 286 g/mol. The van der Waals surface area contributed by atoms with Gasteiger partial charge in [0.25, 0.3) is 5.24 Å². The van der Waals surface area contributed by atoms with E-state index >= 15 is 0 Å². The van der Waals surface area contributed by atoms with Gasteiger partial charge in [0.15, 0.2) is 0 Å². The second-order valence-electron chi connectivity index (χ2n) is 4.75. The summed E-state index contributed by atoms with van der Waals surface area (Å²) in [6, 6.07) is 2.20. The van der Waals surface area contributed by atoms with Crippen molar-refractivity contribution in [1.82, 2.24) is 0 Å². The largest absolute Gasteiger partial charge is 0.275 e. The molecule has 1 heterocycles. The van der Waals surface area contributed by atoms with Gasteiger partial charge in [0.1, 0.15) is 0 Å². The summed E-state index contributed by atoms with van der Waals surface area (Å²) in [7, 11) is 0. The number of rotatable bonds is 9. The van der Waals surface area contributed by atoms with Crippen LogP contribution in [0.2, 0.25) is 0 Å². The van der Waals surface area contributed by atoms with E-state index in [4.69, 9.17) is 11.6 Å². The molecule has 0 saturated heterocycles. The van der Waals surface area contributed by atoms with Crippen molar-refractivity contribution in [3.63, 3.8) is 0 Å². The fraction of sp³-hybridized carbons (Fsp3) is 0.667. The van der Waals surface area contributed by atoms with Gasteiger partial charge in [-0.25, -0.2) is 0 Å². The van der Waals surface area contributed by atoms with Gasteiger partial charge < -0.3 is 0 Å². The first-order chi connectivity index (χ1) is 8.69. The summed E-state index contributed by atoms with van der Waals surface area (Å²) in [4.78, 5) is 13.5. The van der Waals surface area contributed by atoms with E-state index in [1.54, 1.807) is 11.3 Å². The van der Waals surface area contributed by atoms with Crippen LogP contribution in [0.1, 0.15) is 72.5 Å². The maximum atomic E-state index is 11.4. The molecule has 0 aliphatic carbocycles. The summed E-state index contributed by atoms with van der Waals surface area (Å²) in [6.07, 6.45) is 9.37. The zero-order valence-corrected chi connectivity index (χ0v) is 13.0. The number of carbonyl (C=O) groups is 1. The molecule has 0 radical (unpaired) electrons. The third-order valence-electron chi connectivity index (χ3n) is 3.11. The molecule has 0 aromatic carbocycles. The molecule has 18 heavy (non-hydrogen) atoms. The van der Waals surface area contributed by atoms with Gasteiger partial charge in [-0.1, -0.05) is 39.5 Å². The first kappa shape index (κ1) is 15.7. The molecule has 1 aromatic rings. The van der Waals surface area contributed by atoms with Gasteiger partial charge in [0.05, 0.1) is 4.88 Å². The van der Waals surface area contributed by atoms with Crippen LogP contribution < -0.4 is 0 Å². The zero-order valence-electron chi connectivity index (χ0n) is 11.4. The molecule has 1 rings (SSSR count).